The van der Waals surface area contributed by atoms with Gasteiger partial charge in [0, 0.05) is 29.3 Å². The quantitative estimate of drug-likeness (QED) is 0.669. The molecule has 0 aliphatic carbocycles. The number of aliphatic imine (C=N–C) groups is 1. The Balaban J connectivity index is 1.83. The highest BCUT2D eigenvalue weighted by atomic mass is 19.1. The number of nitrogens with one attached hydrogen (secondary N) is 3. The van der Waals surface area contributed by atoms with Crippen molar-refractivity contribution in [3.63, 3.8) is 0 Å². The van der Waals surface area contributed by atoms with Gasteiger partial charge in [0.25, 0.3) is 0 Å². The van der Waals surface area contributed by atoms with Crippen LogP contribution >= 0.6 is 0 Å². The van der Waals surface area contributed by atoms with E-state index in [1.807, 2.05) is 19.1 Å². The lowest BCUT2D eigenvalue weighted by Crippen LogP contribution is -2.49. The number of carbonyl (C=O) groups excluding carboxylic acids is 1. The van der Waals surface area contributed by atoms with Crippen molar-refractivity contribution in [2.24, 2.45) is 4.99 Å². The smallest absolute Gasteiger partial charge is 0.319 e. The molecule has 0 saturated carbocycles. The Kier molecular flexibility index (Phi) is 6.28. The number of carbonyl (C=O) groups is 1. The maximum absolute atomic E-state index is 14.6. The number of hydroxylamine groups is 1. The highest BCUT2D eigenvalue weighted by Gasteiger charge is 2.37. The number of amides is 2. The summed E-state index contributed by atoms with van der Waals surface area (Å²) < 4.78 is 34.1. The number of urea groups is 1. The summed E-state index contributed by atoms with van der Waals surface area (Å²) in [6.45, 7) is 2.01. The van der Waals surface area contributed by atoms with Crippen molar-refractivity contribution in [1.29, 1.82) is 0 Å². The monoisotopic (exact) mass is 404 g/mol. The fraction of sp³-hybridized carbons (Fsp3) is 0.300. The van der Waals surface area contributed by atoms with Gasteiger partial charge in [0.2, 0.25) is 0 Å². The summed E-state index contributed by atoms with van der Waals surface area (Å²) in [4.78, 5) is 21.6. The lowest BCUT2D eigenvalue weighted by Gasteiger charge is -2.24. The normalized spacial score (nSPS) is 18.2. The first kappa shape index (κ1) is 20.5. The fourth-order valence-corrected chi connectivity index (χ4v) is 3.20. The zero-order valence-corrected chi connectivity index (χ0v) is 16.3. The number of amidine groups is 1. The molecule has 2 atom stereocenters. The molecule has 0 fully saturated rings. The van der Waals surface area contributed by atoms with E-state index >= 15 is 0 Å². The van der Waals surface area contributed by atoms with Crippen LogP contribution in [0.25, 0.3) is 0 Å². The van der Waals surface area contributed by atoms with Gasteiger partial charge >= 0.3 is 6.03 Å². The van der Waals surface area contributed by atoms with Crippen LogP contribution in [-0.2, 0) is 4.84 Å². The summed E-state index contributed by atoms with van der Waals surface area (Å²) in [5.74, 6) is -1.97. The van der Waals surface area contributed by atoms with Gasteiger partial charge in [0.1, 0.15) is 23.2 Å². The van der Waals surface area contributed by atoms with Crippen LogP contribution in [0.4, 0.5) is 19.3 Å². The molecular weight excluding hydrogens is 382 g/mol. The molecule has 1 aliphatic rings. The number of aryl methyl sites for hydroxylation is 1. The average molecular weight is 404 g/mol. The minimum absolute atomic E-state index is 0.0690. The number of hydrogen-bond donors (Lipinski definition) is 3. The van der Waals surface area contributed by atoms with Crippen molar-refractivity contribution in [3.05, 3.63) is 59.2 Å². The van der Waals surface area contributed by atoms with Crippen molar-refractivity contribution in [1.82, 2.24) is 10.8 Å². The highest BCUT2D eigenvalue weighted by molar-refractivity contribution is 5.96. The van der Waals surface area contributed by atoms with Gasteiger partial charge in [-0.25, -0.2) is 13.6 Å². The number of halogens is 2. The summed E-state index contributed by atoms with van der Waals surface area (Å²) in [5, 5.41) is 5.42. The topological polar surface area (TPSA) is 84.0 Å². The number of benzene rings is 2. The summed E-state index contributed by atoms with van der Waals surface area (Å²) in [6, 6.07) is 8.07. The zero-order chi connectivity index (χ0) is 21.0. The van der Waals surface area contributed by atoms with Gasteiger partial charge in [-0.15, -0.1) is 0 Å². The van der Waals surface area contributed by atoms with E-state index in [1.165, 1.54) is 14.2 Å². The standard InChI is InChI=1S/C20H22F2N4O3/c1-11-4-6-12(7-5-11)24-20(27)25-18-14(10-23-19(18)26-29-3)17-15(21)8-13(28-2)9-16(17)22/h4-9,14,18H,10H2,1-3H3,(H,23,26)(H2,24,25,27). The first-order valence-electron chi connectivity index (χ1n) is 8.93. The van der Waals surface area contributed by atoms with Crippen LogP contribution in [0.2, 0.25) is 0 Å². The lowest BCUT2D eigenvalue weighted by molar-refractivity contribution is 0.141. The van der Waals surface area contributed by atoms with Gasteiger partial charge in [-0.2, -0.15) is 0 Å². The third kappa shape index (κ3) is 4.62. The minimum atomic E-state index is -0.821. The van der Waals surface area contributed by atoms with Gasteiger partial charge in [-0.3, -0.25) is 15.3 Å². The van der Waals surface area contributed by atoms with E-state index < -0.39 is 29.6 Å². The van der Waals surface area contributed by atoms with Gasteiger partial charge in [-0.1, -0.05) is 17.7 Å². The Labute approximate surface area is 167 Å². The van der Waals surface area contributed by atoms with Crippen LogP contribution in [0.5, 0.6) is 5.75 Å². The Morgan fingerprint density at radius 3 is 2.38 bits per heavy atom. The van der Waals surface area contributed by atoms with Gasteiger partial charge in [0.15, 0.2) is 0 Å². The predicted octanol–water partition coefficient (Wildman–Crippen LogP) is 3.12. The largest absolute Gasteiger partial charge is 0.497 e. The lowest BCUT2D eigenvalue weighted by atomic mass is 9.92. The average Bonchev–Trinajstić information content (AvgIpc) is 3.05. The molecule has 9 heteroatoms. The molecule has 29 heavy (non-hydrogen) atoms. The summed E-state index contributed by atoms with van der Waals surface area (Å²) in [5.41, 5.74) is 4.03. The van der Waals surface area contributed by atoms with Crippen molar-refractivity contribution in [3.8, 4) is 5.75 Å². The van der Waals surface area contributed by atoms with Gasteiger partial charge < -0.3 is 15.4 Å². The third-order valence-corrected chi connectivity index (χ3v) is 4.62. The molecule has 2 unspecified atom stereocenters. The van der Waals surface area contributed by atoms with E-state index in [4.69, 9.17) is 9.57 Å². The Morgan fingerprint density at radius 1 is 1.14 bits per heavy atom. The number of nitrogens with zero attached hydrogens (tertiary/aromatic N) is 1. The molecule has 0 radical (unpaired) electrons. The molecule has 2 aromatic carbocycles. The molecule has 1 heterocycles. The molecular formula is C20H22F2N4O3. The molecule has 154 valence electrons. The number of methoxy groups -OCH3 is 1. The number of ether oxygens (including phenoxy) is 1. The molecule has 3 N–H and O–H groups in total. The van der Waals surface area contributed by atoms with E-state index in [0.29, 0.717) is 5.69 Å². The van der Waals surface area contributed by atoms with Crippen molar-refractivity contribution < 1.29 is 23.1 Å². The molecule has 2 amide bonds. The number of hydrogen-bond acceptors (Lipinski definition) is 5. The van der Waals surface area contributed by atoms with Gasteiger partial charge in [0.05, 0.1) is 26.8 Å². The maximum Gasteiger partial charge on any atom is 0.319 e. The van der Waals surface area contributed by atoms with Gasteiger partial charge in [-0.05, 0) is 19.1 Å². The molecule has 0 aromatic heterocycles. The first-order chi connectivity index (χ1) is 13.9. The second-order valence-corrected chi connectivity index (χ2v) is 6.59. The van der Waals surface area contributed by atoms with Crippen molar-refractivity contribution in [2.45, 2.75) is 18.9 Å². The van der Waals surface area contributed by atoms with Crippen LogP contribution in [-0.4, -0.2) is 38.7 Å². The molecule has 2 aromatic rings. The van der Waals surface area contributed by atoms with Crippen LogP contribution in [0.15, 0.2) is 41.4 Å². The highest BCUT2D eigenvalue weighted by Crippen LogP contribution is 2.32. The molecule has 0 saturated heterocycles. The molecule has 1 aliphatic heterocycles. The Morgan fingerprint density at radius 2 is 1.79 bits per heavy atom. The number of rotatable bonds is 5. The van der Waals surface area contributed by atoms with E-state index in [9.17, 15) is 13.6 Å². The molecule has 0 bridgehead atoms. The molecule has 3 rings (SSSR count). The second kappa shape index (κ2) is 8.87. The summed E-state index contributed by atoms with van der Waals surface area (Å²) in [7, 11) is 2.71. The first-order valence-corrected chi connectivity index (χ1v) is 8.93. The predicted molar refractivity (Wildman–Crippen MR) is 105 cm³/mol. The Bertz CT molecular complexity index is 895. The second-order valence-electron chi connectivity index (χ2n) is 6.59. The van der Waals surface area contributed by atoms with Crippen LogP contribution in [0.3, 0.4) is 0 Å². The zero-order valence-electron chi connectivity index (χ0n) is 16.3. The van der Waals surface area contributed by atoms with Crippen molar-refractivity contribution >= 4 is 17.6 Å². The van der Waals surface area contributed by atoms with Crippen LogP contribution in [0.1, 0.15) is 17.0 Å². The molecule has 0 spiro atoms. The fourth-order valence-electron chi connectivity index (χ4n) is 3.20. The van der Waals surface area contributed by atoms with Crippen molar-refractivity contribution in [2.75, 3.05) is 26.1 Å². The number of anilines is 1. The maximum atomic E-state index is 14.6. The van der Waals surface area contributed by atoms with Crippen LogP contribution < -0.4 is 20.9 Å². The SMILES string of the molecule is CONC1=NCC(c2c(F)cc(OC)cc2F)C1NC(=O)Nc1ccc(C)cc1. The third-order valence-electron chi connectivity index (χ3n) is 4.62. The Hall–Kier alpha value is -3.20. The van der Waals surface area contributed by atoms with Crippen LogP contribution in [0, 0.1) is 18.6 Å². The summed E-state index contributed by atoms with van der Waals surface area (Å²) in [6.07, 6.45) is 0. The van der Waals surface area contributed by atoms with E-state index in [0.717, 1.165) is 17.7 Å². The van der Waals surface area contributed by atoms with E-state index in [2.05, 4.69) is 21.1 Å². The molecule has 7 nitrogen and oxygen atoms in total. The minimum Gasteiger partial charge on any atom is -0.497 e. The summed E-state index contributed by atoms with van der Waals surface area (Å²) >= 11 is 0. The van der Waals surface area contributed by atoms with E-state index in [1.54, 1.807) is 12.1 Å². The van der Waals surface area contributed by atoms with E-state index in [-0.39, 0.29) is 23.7 Å².